The molecule has 2 aromatic rings. The van der Waals surface area contributed by atoms with Gasteiger partial charge in [0.2, 0.25) is 0 Å². The Hall–Kier alpha value is -1.06. The van der Waals surface area contributed by atoms with E-state index in [2.05, 4.69) is 29.6 Å². The van der Waals surface area contributed by atoms with Crippen molar-refractivity contribution in [3.8, 4) is 0 Å². The average molecular weight is 278 g/mol. The number of imidazole rings is 1. The Kier molecular flexibility index (Phi) is 3.50. The minimum absolute atomic E-state index is 0.655. The first-order valence-corrected chi connectivity index (χ1v) is 7.34. The van der Waals surface area contributed by atoms with Crippen LogP contribution in [0.15, 0.2) is 18.2 Å². The molecule has 1 aromatic carbocycles. The molecule has 1 aliphatic rings. The standard InChI is InChI=1S/C15H20ClN3/c1-18(2)9-4-10-19-14-12(16)5-3-6-13(14)17-15(19)11-7-8-11/h3,5-6,11H,4,7-10H2,1-2H3. The molecule has 0 aliphatic heterocycles. The minimum Gasteiger partial charge on any atom is -0.326 e. The van der Waals surface area contributed by atoms with Gasteiger partial charge in [-0.3, -0.25) is 0 Å². The van der Waals surface area contributed by atoms with Gasteiger partial charge in [-0.05, 0) is 52.0 Å². The number of aromatic nitrogens is 2. The van der Waals surface area contributed by atoms with Crippen LogP contribution in [0.1, 0.15) is 31.0 Å². The van der Waals surface area contributed by atoms with Crippen LogP contribution < -0.4 is 0 Å². The van der Waals surface area contributed by atoms with E-state index in [1.165, 1.54) is 18.7 Å². The van der Waals surface area contributed by atoms with Crippen LogP contribution in [0.25, 0.3) is 11.0 Å². The molecule has 3 rings (SSSR count). The number of benzene rings is 1. The SMILES string of the molecule is CN(C)CCCn1c(C2CC2)nc2cccc(Cl)c21. The van der Waals surface area contributed by atoms with Crippen molar-refractivity contribution < 1.29 is 0 Å². The first-order valence-electron chi connectivity index (χ1n) is 6.96. The molecule has 0 N–H and O–H groups in total. The predicted molar refractivity (Wildman–Crippen MR) is 79.9 cm³/mol. The molecule has 0 saturated heterocycles. The lowest BCUT2D eigenvalue weighted by Gasteiger charge is -2.12. The van der Waals surface area contributed by atoms with E-state index in [4.69, 9.17) is 16.6 Å². The number of hydrogen-bond acceptors (Lipinski definition) is 2. The van der Waals surface area contributed by atoms with Gasteiger partial charge in [-0.2, -0.15) is 0 Å². The molecule has 0 radical (unpaired) electrons. The second kappa shape index (κ2) is 5.14. The molecular weight excluding hydrogens is 258 g/mol. The molecule has 0 atom stereocenters. The lowest BCUT2D eigenvalue weighted by molar-refractivity contribution is 0.386. The number of rotatable bonds is 5. The van der Waals surface area contributed by atoms with Crippen molar-refractivity contribution in [2.45, 2.75) is 31.7 Å². The van der Waals surface area contributed by atoms with Crippen molar-refractivity contribution in [1.29, 1.82) is 0 Å². The van der Waals surface area contributed by atoms with Gasteiger partial charge in [-0.15, -0.1) is 0 Å². The quantitative estimate of drug-likeness (QED) is 0.834. The van der Waals surface area contributed by atoms with Crippen LogP contribution in [0.3, 0.4) is 0 Å². The molecular formula is C15H20ClN3. The lowest BCUT2D eigenvalue weighted by atomic mass is 10.3. The van der Waals surface area contributed by atoms with E-state index >= 15 is 0 Å². The average Bonchev–Trinajstić information content (AvgIpc) is 3.13. The summed E-state index contributed by atoms with van der Waals surface area (Å²) < 4.78 is 2.35. The maximum absolute atomic E-state index is 6.37. The molecule has 19 heavy (non-hydrogen) atoms. The predicted octanol–water partition coefficient (Wildman–Crippen LogP) is 3.52. The zero-order valence-electron chi connectivity index (χ0n) is 11.6. The van der Waals surface area contributed by atoms with Crippen LogP contribution in [0.5, 0.6) is 0 Å². The summed E-state index contributed by atoms with van der Waals surface area (Å²) in [6, 6.07) is 6.01. The first kappa shape index (κ1) is 12.9. The summed E-state index contributed by atoms with van der Waals surface area (Å²) in [4.78, 5) is 7.02. The van der Waals surface area contributed by atoms with Crippen LogP contribution in [0.4, 0.5) is 0 Å². The highest BCUT2D eigenvalue weighted by molar-refractivity contribution is 6.35. The fourth-order valence-electron chi connectivity index (χ4n) is 2.58. The maximum atomic E-state index is 6.37. The van der Waals surface area contributed by atoms with E-state index in [1.807, 2.05) is 12.1 Å². The third-order valence-corrected chi connectivity index (χ3v) is 3.98. The molecule has 3 nitrogen and oxygen atoms in total. The topological polar surface area (TPSA) is 21.1 Å². The highest BCUT2D eigenvalue weighted by Gasteiger charge is 2.29. The molecule has 102 valence electrons. The highest BCUT2D eigenvalue weighted by Crippen LogP contribution is 2.41. The summed E-state index contributed by atoms with van der Waals surface area (Å²) in [6.45, 7) is 2.10. The molecule has 0 amide bonds. The fourth-order valence-corrected chi connectivity index (χ4v) is 2.86. The summed E-state index contributed by atoms with van der Waals surface area (Å²) in [5.41, 5.74) is 2.16. The zero-order chi connectivity index (χ0) is 13.4. The van der Waals surface area contributed by atoms with Crippen LogP contribution in [-0.4, -0.2) is 35.1 Å². The van der Waals surface area contributed by atoms with E-state index < -0.39 is 0 Å². The normalized spacial score (nSPS) is 15.6. The second-order valence-electron chi connectivity index (χ2n) is 5.66. The monoisotopic (exact) mass is 277 g/mol. The summed E-state index contributed by atoms with van der Waals surface area (Å²) in [5, 5.41) is 0.821. The maximum Gasteiger partial charge on any atom is 0.113 e. The van der Waals surface area contributed by atoms with Gasteiger partial charge in [0.15, 0.2) is 0 Å². The molecule has 1 heterocycles. The first-order chi connectivity index (χ1) is 9.16. The molecule has 0 unspecified atom stereocenters. The van der Waals surface area contributed by atoms with Crippen LogP contribution >= 0.6 is 11.6 Å². The van der Waals surface area contributed by atoms with E-state index in [9.17, 15) is 0 Å². The molecule has 1 saturated carbocycles. The lowest BCUT2D eigenvalue weighted by Crippen LogP contribution is -2.15. The fraction of sp³-hybridized carbons (Fsp3) is 0.533. The van der Waals surface area contributed by atoms with Crippen molar-refractivity contribution in [2.24, 2.45) is 0 Å². The van der Waals surface area contributed by atoms with Crippen molar-refractivity contribution in [1.82, 2.24) is 14.5 Å². The molecule has 0 spiro atoms. The minimum atomic E-state index is 0.655. The summed E-state index contributed by atoms with van der Waals surface area (Å²) >= 11 is 6.37. The number of para-hydroxylation sites is 1. The molecule has 1 aliphatic carbocycles. The number of hydrogen-bond donors (Lipinski definition) is 0. The summed E-state index contributed by atoms with van der Waals surface area (Å²) in [7, 11) is 4.22. The van der Waals surface area contributed by atoms with Crippen molar-refractivity contribution in [3.05, 3.63) is 29.0 Å². The van der Waals surface area contributed by atoms with Crippen molar-refractivity contribution in [3.63, 3.8) is 0 Å². The molecule has 1 aromatic heterocycles. The Bertz CT molecular complexity index is 584. The highest BCUT2D eigenvalue weighted by atomic mass is 35.5. The smallest absolute Gasteiger partial charge is 0.113 e. The van der Waals surface area contributed by atoms with Gasteiger partial charge in [0.25, 0.3) is 0 Å². The van der Waals surface area contributed by atoms with Crippen LogP contribution in [0, 0.1) is 0 Å². The third-order valence-electron chi connectivity index (χ3n) is 3.68. The summed E-state index contributed by atoms with van der Waals surface area (Å²) in [6.07, 6.45) is 3.67. The molecule has 1 fully saturated rings. The Morgan fingerprint density at radius 2 is 2.16 bits per heavy atom. The van der Waals surface area contributed by atoms with Gasteiger partial charge in [-0.1, -0.05) is 17.7 Å². The largest absolute Gasteiger partial charge is 0.326 e. The van der Waals surface area contributed by atoms with E-state index in [0.29, 0.717) is 5.92 Å². The Morgan fingerprint density at radius 1 is 1.37 bits per heavy atom. The van der Waals surface area contributed by atoms with Gasteiger partial charge in [0, 0.05) is 12.5 Å². The van der Waals surface area contributed by atoms with Gasteiger partial charge in [-0.25, -0.2) is 4.98 Å². The van der Waals surface area contributed by atoms with E-state index in [-0.39, 0.29) is 0 Å². The van der Waals surface area contributed by atoms with Crippen LogP contribution in [-0.2, 0) is 6.54 Å². The number of aryl methyl sites for hydroxylation is 1. The Labute approximate surface area is 119 Å². The third kappa shape index (κ3) is 2.63. The zero-order valence-corrected chi connectivity index (χ0v) is 12.3. The van der Waals surface area contributed by atoms with Gasteiger partial charge in [0.1, 0.15) is 5.82 Å². The van der Waals surface area contributed by atoms with Crippen molar-refractivity contribution >= 4 is 22.6 Å². The number of halogens is 1. The summed E-state index contributed by atoms with van der Waals surface area (Å²) in [5.74, 6) is 1.89. The van der Waals surface area contributed by atoms with Gasteiger partial charge >= 0.3 is 0 Å². The Balaban J connectivity index is 1.96. The van der Waals surface area contributed by atoms with Gasteiger partial charge in [0.05, 0.1) is 16.1 Å². The van der Waals surface area contributed by atoms with Crippen molar-refractivity contribution in [2.75, 3.05) is 20.6 Å². The second-order valence-corrected chi connectivity index (χ2v) is 6.07. The Morgan fingerprint density at radius 3 is 2.84 bits per heavy atom. The van der Waals surface area contributed by atoms with E-state index in [1.54, 1.807) is 0 Å². The van der Waals surface area contributed by atoms with Crippen LogP contribution in [0.2, 0.25) is 5.02 Å². The molecule has 0 bridgehead atoms. The molecule has 4 heteroatoms. The van der Waals surface area contributed by atoms with Gasteiger partial charge < -0.3 is 9.47 Å². The van der Waals surface area contributed by atoms with E-state index in [0.717, 1.165) is 35.6 Å². The number of fused-ring (bicyclic) bond motifs is 1. The number of nitrogens with zero attached hydrogens (tertiary/aromatic N) is 3.